The molecule has 6 amide bonds. The highest BCUT2D eigenvalue weighted by molar-refractivity contribution is 6.01. The van der Waals surface area contributed by atoms with E-state index in [0.717, 1.165) is 31.2 Å². The Balaban J connectivity index is 0.862. The number of piperidine rings is 2. The lowest BCUT2D eigenvalue weighted by Crippen LogP contribution is -2.49. The van der Waals surface area contributed by atoms with Crippen molar-refractivity contribution in [3.63, 3.8) is 0 Å². The van der Waals surface area contributed by atoms with Crippen molar-refractivity contribution < 1.29 is 33.2 Å². The average molecular weight is 848 g/mol. The van der Waals surface area contributed by atoms with E-state index in [1.54, 1.807) is 47.5 Å². The molecule has 4 aliphatic rings. The Morgan fingerprint density at radius 1 is 0.714 bits per heavy atom. The summed E-state index contributed by atoms with van der Waals surface area (Å²) in [4.78, 5) is 88.9. The Hall–Kier alpha value is -7.09. The number of likely N-dealkylation sites (tertiary alicyclic amines) is 2. The van der Waals surface area contributed by atoms with E-state index in [4.69, 9.17) is 10.2 Å². The quantitative estimate of drug-likeness (QED) is 0.118. The average Bonchev–Trinajstić information content (AvgIpc) is 4.04. The number of oxazole rings is 1. The van der Waals surface area contributed by atoms with E-state index in [9.17, 15) is 28.8 Å². The molecule has 3 heterocycles. The van der Waals surface area contributed by atoms with Gasteiger partial charge in [-0.05, 0) is 97.2 Å². The minimum absolute atomic E-state index is 0.0351. The molecule has 5 aromatic rings. The molecular formula is C49H49N7O7. The number of nitrogens with two attached hydrogens (primary N) is 1. The normalized spacial score (nSPS) is 22.6. The summed E-state index contributed by atoms with van der Waals surface area (Å²) >= 11 is 0. The van der Waals surface area contributed by atoms with Gasteiger partial charge in [0.05, 0.1) is 6.20 Å². The fourth-order valence-corrected chi connectivity index (χ4v) is 9.83. The zero-order valence-corrected chi connectivity index (χ0v) is 35.1. The first-order valence-electron chi connectivity index (χ1n) is 21.5. The second-order valence-corrected chi connectivity index (χ2v) is 17.2. The fraction of sp³-hybridized carbons (Fsp3) is 0.327. The van der Waals surface area contributed by atoms with Crippen molar-refractivity contribution in [3.05, 3.63) is 127 Å². The summed E-state index contributed by atoms with van der Waals surface area (Å²) in [5, 5.41) is 5.79. The minimum Gasteiger partial charge on any atom is -0.436 e. The molecule has 4 aromatic carbocycles. The molecule has 4 fully saturated rings. The van der Waals surface area contributed by atoms with Crippen LogP contribution in [-0.4, -0.2) is 74.4 Å². The van der Waals surface area contributed by atoms with Crippen molar-refractivity contribution >= 4 is 46.8 Å². The standard InChI is InChI=1S/C49H49N7O7/c1-28(57)52-45(31-9-5-3-6-10-31)48(61)55-39(22-35-23-40(35)55)26-44(60)53-36-17-13-30(14-18-36)42-27-51-47(63-42)33-15-19-37(20-16-33)54(29(2)58)46(32-11-7-4-8-12-32)49(62)56-38(25-43(50)59)21-34-24-41(34)56/h3-20,27,34-35,38-41,45-46H,21-26H2,1-2H3,(H2,50,59)(H,52,57)(H,53,60)/t34-,35-,38+,39+,40+,41+,45-,46-/m1/s1. The summed E-state index contributed by atoms with van der Waals surface area (Å²) in [6.45, 7) is 2.83. The van der Waals surface area contributed by atoms with Gasteiger partial charge in [-0.25, -0.2) is 4.98 Å². The first kappa shape index (κ1) is 41.3. The Morgan fingerprint density at radius 3 is 1.87 bits per heavy atom. The van der Waals surface area contributed by atoms with Crippen LogP contribution in [0, 0.1) is 11.8 Å². The van der Waals surface area contributed by atoms with E-state index in [2.05, 4.69) is 15.6 Å². The van der Waals surface area contributed by atoms with Crippen LogP contribution in [-0.2, 0) is 28.8 Å². The van der Waals surface area contributed by atoms with Gasteiger partial charge in [-0.1, -0.05) is 60.7 Å². The van der Waals surface area contributed by atoms with Crippen molar-refractivity contribution in [2.75, 3.05) is 10.2 Å². The number of carbonyl (C=O) groups is 6. The van der Waals surface area contributed by atoms with Crippen molar-refractivity contribution in [1.29, 1.82) is 0 Å². The van der Waals surface area contributed by atoms with Crippen molar-refractivity contribution in [2.24, 2.45) is 17.6 Å². The SMILES string of the molecule is CC(=O)N[C@@H](C(=O)N1[C@H](CC(=O)Nc2ccc(-c3cnc(-c4ccc(N(C(C)=O)[C@@H](C(=O)N5[C@H](CC(N)=O)C[C@@H]6C[C@@H]65)c5ccccc5)cc4)o3)cc2)C[C@@H]2C[C@@H]21)c1ccccc1. The van der Waals surface area contributed by atoms with Crippen LogP contribution in [0.1, 0.15) is 75.6 Å². The van der Waals surface area contributed by atoms with Gasteiger partial charge in [0.2, 0.25) is 35.4 Å². The van der Waals surface area contributed by atoms with Crippen LogP contribution in [0.3, 0.4) is 0 Å². The molecule has 2 saturated heterocycles. The van der Waals surface area contributed by atoms with E-state index in [0.29, 0.717) is 51.6 Å². The Bertz CT molecular complexity index is 2550. The number of amides is 6. The molecule has 322 valence electrons. The highest BCUT2D eigenvalue weighted by atomic mass is 16.4. The van der Waals surface area contributed by atoms with Crippen molar-refractivity contribution in [3.8, 4) is 22.8 Å². The van der Waals surface area contributed by atoms with Crippen LogP contribution >= 0.6 is 0 Å². The molecule has 4 N–H and O–H groups in total. The zero-order chi connectivity index (χ0) is 43.9. The number of benzene rings is 4. The second kappa shape index (κ2) is 17.0. The number of nitrogens with one attached hydrogen (secondary N) is 2. The molecule has 0 spiro atoms. The monoisotopic (exact) mass is 847 g/mol. The number of aromatic nitrogens is 1. The summed E-state index contributed by atoms with van der Waals surface area (Å²) in [5.41, 5.74) is 9.44. The van der Waals surface area contributed by atoms with Crippen LogP contribution < -0.4 is 21.3 Å². The first-order chi connectivity index (χ1) is 30.4. The number of hydrogen-bond acceptors (Lipinski definition) is 8. The van der Waals surface area contributed by atoms with Crippen LogP contribution in [0.15, 0.2) is 120 Å². The molecule has 2 aliphatic carbocycles. The van der Waals surface area contributed by atoms with Gasteiger partial charge in [0.25, 0.3) is 5.91 Å². The summed E-state index contributed by atoms with van der Waals surface area (Å²) in [6.07, 6.45) is 5.07. The van der Waals surface area contributed by atoms with Gasteiger partial charge < -0.3 is 30.6 Å². The number of primary amides is 1. The molecular weight excluding hydrogens is 799 g/mol. The van der Waals surface area contributed by atoms with E-state index in [1.807, 2.05) is 77.7 Å². The van der Waals surface area contributed by atoms with Crippen LogP contribution in [0.25, 0.3) is 22.8 Å². The highest BCUT2D eigenvalue weighted by Crippen LogP contribution is 2.51. The maximum absolute atomic E-state index is 14.5. The second-order valence-electron chi connectivity index (χ2n) is 17.2. The molecule has 2 saturated carbocycles. The minimum atomic E-state index is -0.952. The number of carbonyl (C=O) groups excluding carboxylic acids is 6. The third-order valence-electron chi connectivity index (χ3n) is 12.8. The van der Waals surface area contributed by atoms with Crippen LogP contribution in [0.2, 0.25) is 0 Å². The van der Waals surface area contributed by atoms with E-state index in [-0.39, 0.29) is 66.5 Å². The number of rotatable bonds is 14. The lowest BCUT2D eigenvalue weighted by Gasteiger charge is -2.36. The first-order valence-corrected chi connectivity index (χ1v) is 21.5. The lowest BCUT2D eigenvalue weighted by atomic mass is 10.0. The number of hydrogen-bond donors (Lipinski definition) is 3. The Kier molecular flexibility index (Phi) is 11.1. The Morgan fingerprint density at radius 2 is 1.29 bits per heavy atom. The van der Waals surface area contributed by atoms with Gasteiger partial charge in [0.1, 0.15) is 12.1 Å². The number of fused-ring (bicyclic) bond motifs is 2. The maximum Gasteiger partial charge on any atom is 0.250 e. The molecule has 9 rings (SSSR count). The molecule has 1 aromatic heterocycles. The van der Waals surface area contributed by atoms with Gasteiger partial charge in [-0.2, -0.15) is 0 Å². The van der Waals surface area contributed by atoms with E-state index < -0.39 is 18.0 Å². The molecule has 0 bridgehead atoms. The third-order valence-corrected chi connectivity index (χ3v) is 12.8. The van der Waals surface area contributed by atoms with Gasteiger partial charge in [-0.3, -0.25) is 33.7 Å². The molecule has 63 heavy (non-hydrogen) atoms. The predicted molar refractivity (Wildman–Crippen MR) is 234 cm³/mol. The summed E-state index contributed by atoms with van der Waals surface area (Å²) in [5.74, 6) is -0.161. The summed E-state index contributed by atoms with van der Waals surface area (Å²) < 4.78 is 6.18. The number of anilines is 2. The molecule has 14 heteroatoms. The topological polar surface area (TPSA) is 188 Å². The smallest absolute Gasteiger partial charge is 0.250 e. The molecule has 0 unspecified atom stereocenters. The summed E-state index contributed by atoms with van der Waals surface area (Å²) in [7, 11) is 0. The molecule has 8 atom stereocenters. The van der Waals surface area contributed by atoms with Crippen molar-refractivity contribution in [2.45, 2.75) is 88.6 Å². The maximum atomic E-state index is 14.5. The summed E-state index contributed by atoms with van der Waals surface area (Å²) in [6, 6.07) is 30.5. The van der Waals surface area contributed by atoms with Gasteiger partial charge in [-0.15, -0.1) is 0 Å². The molecule has 0 radical (unpaired) electrons. The van der Waals surface area contributed by atoms with E-state index in [1.165, 1.54) is 18.7 Å². The largest absolute Gasteiger partial charge is 0.436 e. The third kappa shape index (κ3) is 8.57. The highest BCUT2D eigenvalue weighted by Gasteiger charge is 2.56. The van der Waals surface area contributed by atoms with Crippen LogP contribution in [0.5, 0.6) is 0 Å². The number of nitrogens with zero attached hydrogens (tertiary/aromatic N) is 4. The molecule has 2 aliphatic heterocycles. The van der Waals surface area contributed by atoms with Gasteiger partial charge in [0, 0.05) is 73.4 Å². The molecule has 14 nitrogen and oxygen atoms in total. The fourth-order valence-electron chi connectivity index (χ4n) is 9.83. The Labute approximate surface area is 364 Å². The zero-order valence-electron chi connectivity index (χ0n) is 35.1. The predicted octanol–water partition coefficient (Wildman–Crippen LogP) is 6.16. The lowest BCUT2D eigenvalue weighted by molar-refractivity contribution is -0.138. The van der Waals surface area contributed by atoms with E-state index >= 15 is 0 Å². The van der Waals surface area contributed by atoms with Crippen LogP contribution in [0.4, 0.5) is 11.4 Å². The van der Waals surface area contributed by atoms with Gasteiger partial charge >= 0.3 is 0 Å². The van der Waals surface area contributed by atoms with Crippen molar-refractivity contribution in [1.82, 2.24) is 20.1 Å². The van der Waals surface area contributed by atoms with Gasteiger partial charge in [0.15, 0.2) is 5.76 Å².